The summed E-state index contributed by atoms with van der Waals surface area (Å²) >= 11 is 1.61. The van der Waals surface area contributed by atoms with Crippen LogP contribution in [0.5, 0.6) is 5.75 Å². The Labute approximate surface area is 141 Å². The Kier molecular flexibility index (Phi) is 4.94. The second-order valence-corrected chi connectivity index (χ2v) is 6.81. The van der Waals surface area contributed by atoms with Gasteiger partial charge in [0.25, 0.3) is 0 Å². The van der Waals surface area contributed by atoms with Crippen LogP contribution < -0.4 is 4.74 Å². The van der Waals surface area contributed by atoms with Crippen molar-refractivity contribution in [3.05, 3.63) is 58.5 Å². The van der Waals surface area contributed by atoms with Crippen molar-refractivity contribution in [2.24, 2.45) is 0 Å². The number of benzene rings is 2. The highest BCUT2D eigenvalue weighted by Gasteiger charge is 2.17. The molecule has 1 atom stereocenters. The second-order valence-electron chi connectivity index (χ2n) is 6.10. The van der Waals surface area contributed by atoms with Crippen LogP contribution in [-0.4, -0.2) is 30.5 Å². The summed E-state index contributed by atoms with van der Waals surface area (Å²) in [7, 11) is 4.17. The van der Waals surface area contributed by atoms with Crippen LogP contribution in [0.2, 0.25) is 0 Å². The van der Waals surface area contributed by atoms with Crippen LogP contribution in [0, 0.1) is 6.92 Å². The van der Waals surface area contributed by atoms with E-state index in [4.69, 9.17) is 4.74 Å². The van der Waals surface area contributed by atoms with E-state index in [9.17, 15) is 0 Å². The predicted octanol–water partition coefficient (Wildman–Crippen LogP) is 4.68. The number of nitrogens with zero attached hydrogens (tertiary/aromatic N) is 2. The van der Waals surface area contributed by atoms with Crippen molar-refractivity contribution in [1.29, 1.82) is 0 Å². The third-order valence-corrected chi connectivity index (χ3v) is 4.46. The number of hydrogen-bond acceptors (Lipinski definition) is 4. The molecule has 0 aliphatic carbocycles. The van der Waals surface area contributed by atoms with Gasteiger partial charge in [0.1, 0.15) is 11.9 Å². The molecule has 3 aromatic rings. The molecule has 0 saturated carbocycles. The van der Waals surface area contributed by atoms with E-state index in [2.05, 4.69) is 72.7 Å². The van der Waals surface area contributed by atoms with Crippen LogP contribution in [-0.2, 0) is 0 Å². The van der Waals surface area contributed by atoms with Gasteiger partial charge < -0.3 is 9.64 Å². The molecule has 1 heterocycles. The third kappa shape index (κ3) is 3.89. The summed E-state index contributed by atoms with van der Waals surface area (Å²) < 4.78 is 6.42. The normalized spacial score (nSPS) is 12.7. The van der Waals surface area contributed by atoms with E-state index in [1.807, 2.05) is 5.51 Å². The molecule has 1 aromatic heterocycles. The topological polar surface area (TPSA) is 25.4 Å². The molecule has 0 bridgehead atoms. The van der Waals surface area contributed by atoms with E-state index >= 15 is 0 Å². The second kappa shape index (κ2) is 7.11. The van der Waals surface area contributed by atoms with Gasteiger partial charge in [-0.3, -0.25) is 0 Å². The first-order valence-corrected chi connectivity index (χ1v) is 8.76. The first kappa shape index (κ1) is 16.0. The smallest absolute Gasteiger partial charge is 0.143 e. The number of fused-ring (bicyclic) bond motifs is 1. The monoisotopic (exact) mass is 326 g/mol. The summed E-state index contributed by atoms with van der Waals surface area (Å²) in [6.45, 7) is 3.07. The molecule has 0 saturated heterocycles. The Morgan fingerprint density at radius 2 is 2.04 bits per heavy atom. The summed E-state index contributed by atoms with van der Waals surface area (Å²) in [5, 5.41) is 4.45. The number of thiazole rings is 1. The minimum Gasteiger partial charge on any atom is -0.483 e. The molecule has 0 fully saturated rings. The summed E-state index contributed by atoms with van der Waals surface area (Å²) in [5.74, 6) is 0.942. The molecule has 0 amide bonds. The van der Waals surface area contributed by atoms with Crippen molar-refractivity contribution in [2.75, 3.05) is 20.6 Å². The fraction of sp³-hybridized carbons (Fsp3) is 0.316. The highest BCUT2D eigenvalue weighted by Crippen LogP contribution is 2.32. The maximum atomic E-state index is 6.42. The average Bonchev–Trinajstić information content (AvgIpc) is 3.05. The number of aryl methyl sites for hydroxylation is 1. The SMILES string of the molecule is Cc1cc(OC(CCN(C)C)c2cscn2)c2ccccc2c1. The predicted molar refractivity (Wildman–Crippen MR) is 97.3 cm³/mol. The molecule has 0 aliphatic rings. The number of rotatable bonds is 6. The van der Waals surface area contributed by atoms with Gasteiger partial charge in [-0.15, -0.1) is 11.3 Å². The quantitative estimate of drug-likeness (QED) is 0.658. The molecule has 0 aliphatic heterocycles. The molecule has 2 aromatic carbocycles. The van der Waals surface area contributed by atoms with Gasteiger partial charge >= 0.3 is 0 Å². The molecule has 0 N–H and O–H groups in total. The van der Waals surface area contributed by atoms with Crippen molar-refractivity contribution in [2.45, 2.75) is 19.4 Å². The lowest BCUT2D eigenvalue weighted by Crippen LogP contribution is -2.19. The van der Waals surface area contributed by atoms with Gasteiger partial charge in [-0.2, -0.15) is 0 Å². The van der Waals surface area contributed by atoms with Crippen LogP contribution in [0.3, 0.4) is 0 Å². The van der Waals surface area contributed by atoms with Crippen LogP contribution in [0.25, 0.3) is 10.8 Å². The fourth-order valence-corrected chi connectivity index (χ4v) is 3.29. The third-order valence-electron chi connectivity index (χ3n) is 3.86. The zero-order chi connectivity index (χ0) is 16.2. The van der Waals surface area contributed by atoms with Gasteiger partial charge in [0.2, 0.25) is 0 Å². The minimum atomic E-state index is -0.0196. The molecular formula is C19H22N2OS. The molecular weight excluding hydrogens is 304 g/mol. The Morgan fingerprint density at radius 3 is 2.78 bits per heavy atom. The van der Waals surface area contributed by atoms with Crippen LogP contribution in [0.15, 0.2) is 47.3 Å². The minimum absolute atomic E-state index is 0.0196. The van der Waals surface area contributed by atoms with E-state index in [0.717, 1.165) is 29.8 Å². The van der Waals surface area contributed by atoms with Gasteiger partial charge in [-0.25, -0.2) is 4.98 Å². The maximum absolute atomic E-state index is 6.42. The van der Waals surface area contributed by atoms with Crippen molar-refractivity contribution in [3.63, 3.8) is 0 Å². The fourth-order valence-electron chi connectivity index (χ4n) is 2.69. The van der Waals surface area contributed by atoms with Gasteiger partial charge in [0.05, 0.1) is 11.2 Å². The van der Waals surface area contributed by atoms with Crippen LogP contribution in [0.1, 0.15) is 23.8 Å². The highest BCUT2D eigenvalue weighted by molar-refractivity contribution is 7.07. The highest BCUT2D eigenvalue weighted by atomic mass is 32.1. The zero-order valence-electron chi connectivity index (χ0n) is 13.8. The summed E-state index contributed by atoms with van der Waals surface area (Å²) in [6, 6.07) is 12.7. The number of hydrogen-bond donors (Lipinski definition) is 0. The summed E-state index contributed by atoms with van der Waals surface area (Å²) in [4.78, 5) is 6.65. The van der Waals surface area contributed by atoms with Crippen LogP contribution >= 0.6 is 11.3 Å². The first-order valence-electron chi connectivity index (χ1n) is 7.82. The lowest BCUT2D eigenvalue weighted by Gasteiger charge is -2.21. The van der Waals surface area contributed by atoms with Gasteiger partial charge in [0.15, 0.2) is 0 Å². The summed E-state index contributed by atoms with van der Waals surface area (Å²) in [6.07, 6.45) is 0.896. The molecule has 23 heavy (non-hydrogen) atoms. The van der Waals surface area contributed by atoms with Crippen molar-refractivity contribution >= 4 is 22.1 Å². The largest absolute Gasteiger partial charge is 0.483 e. The number of ether oxygens (including phenoxy) is 1. The molecule has 0 radical (unpaired) electrons. The average molecular weight is 326 g/mol. The lowest BCUT2D eigenvalue weighted by molar-refractivity contribution is 0.178. The Balaban J connectivity index is 1.93. The molecule has 3 rings (SSSR count). The van der Waals surface area contributed by atoms with Gasteiger partial charge in [-0.05, 0) is 38.0 Å². The molecule has 120 valence electrons. The van der Waals surface area contributed by atoms with Gasteiger partial charge in [-0.1, -0.05) is 30.3 Å². The van der Waals surface area contributed by atoms with Crippen molar-refractivity contribution in [3.8, 4) is 5.75 Å². The summed E-state index contributed by atoms with van der Waals surface area (Å²) in [5.41, 5.74) is 4.10. The Bertz CT molecular complexity index is 768. The van der Waals surface area contributed by atoms with Crippen molar-refractivity contribution < 1.29 is 4.74 Å². The number of aromatic nitrogens is 1. The van der Waals surface area contributed by atoms with Crippen molar-refractivity contribution in [1.82, 2.24) is 9.88 Å². The molecule has 4 heteroatoms. The molecule has 3 nitrogen and oxygen atoms in total. The Hall–Kier alpha value is -1.91. The van der Waals surface area contributed by atoms with E-state index in [1.165, 1.54) is 10.9 Å². The van der Waals surface area contributed by atoms with E-state index in [1.54, 1.807) is 11.3 Å². The van der Waals surface area contributed by atoms with Gasteiger partial charge in [0, 0.05) is 23.7 Å². The van der Waals surface area contributed by atoms with E-state index in [-0.39, 0.29) is 6.10 Å². The zero-order valence-corrected chi connectivity index (χ0v) is 14.6. The lowest BCUT2D eigenvalue weighted by atomic mass is 10.1. The van der Waals surface area contributed by atoms with E-state index in [0.29, 0.717) is 0 Å². The maximum Gasteiger partial charge on any atom is 0.143 e. The van der Waals surface area contributed by atoms with E-state index < -0.39 is 0 Å². The standard InChI is InChI=1S/C19H22N2OS/c1-14-10-15-6-4-5-7-16(15)19(11-14)22-18(8-9-21(2)3)17-12-23-13-20-17/h4-7,10-13,18H,8-9H2,1-3H3. The Morgan fingerprint density at radius 1 is 1.22 bits per heavy atom. The molecule has 0 spiro atoms. The first-order chi connectivity index (χ1) is 11.1. The molecule has 1 unspecified atom stereocenters. The van der Waals surface area contributed by atoms with Crippen LogP contribution in [0.4, 0.5) is 0 Å².